The Hall–Kier alpha value is -0.640. The Bertz CT molecular complexity index is 201. The summed E-state index contributed by atoms with van der Waals surface area (Å²) in [6, 6.07) is 0. The van der Waals surface area contributed by atoms with Crippen LogP contribution in [0.25, 0.3) is 0 Å². The molecule has 0 bridgehead atoms. The van der Waals surface area contributed by atoms with E-state index >= 15 is 0 Å². The van der Waals surface area contributed by atoms with Crippen LogP contribution in [0.3, 0.4) is 0 Å². The van der Waals surface area contributed by atoms with Crippen molar-refractivity contribution >= 4 is 0 Å². The van der Waals surface area contributed by atoms with Gasteiger partial charge in [-0.2, -0.15) is 0 Å². The van der Waals surface area contributed by atoms with Gasteiger partial charge in [0.05, 0.1) is 0 Å². The van der Waals surface area contributed by atoms with Crippen molar-refractivity contribution in [2.45, 2.75) is 66.2 Å². The highest BCUT2D eigenvalue weighted by Gasteiger charge is 1.93. The largest absolute Gasteiger partial charge is 0.396 e. The fourth-order valence-corrected chi connectivity index (χ4v) is 1.16. The molecule has 0 radical (unpaired) electrons. The summed E-state index contributed by atoms with van der Waals surface area (Å²) < 4.78 is 0. The van der Waals surface area contributed by atoms with Gasteiger partial charge in [-0.25, -0.2) is 0 Å². The SMILES string of the molecule is CC=CCCCO.CCC(C)CCO.CCC=CCCO. The van der Waals surface area contributed by atoms with Gasteiger partial charge in [0.2, 0.25) is 0 Å². The molecular weight excluding hydrogens is 264 g/mol. The summed E-state index contributed by atoms with van der Waals surface area (Å²) in [4.78, 5) is 0. The molecule has 3 heteroatoms. The van der Waals surface area contributed by atoms with Gasteiger partial charge in [-0.05, 0) is 44.9 Å². The van der Waals surface area contributed by atoms with E-state index in [1.165, 1.54) is 6.42 Å². The smallest absolute Gasteiger partial charge is 0.0465 e. The maximum atomic E-state index is 8.37. The number of hydrogen-bond acceptors (Lipinski definition) is 3. The molecule has 0 aromatic heterocycles. The number of rotatable bonds is 9. The summed E-state index contributed by atoms with van der Waals surface area (Å²) in [5, 5.41) is 24.9. The average Bonchev–Trinajstić information content (AvgIpc) is 2.50. The van der Waals surface area contributed by atoms with Crippen molar-refractivity contribution in [2.24, 2.45) is 5.92 Å². The van der Waals surface area contributed by atoms with Gasteiger partial charge in [0, 0.05) is 19.8 Å². The molecule has 0 saturated carbocycles. The molecule has 0 heterocycles. The molecule has 1 atom stereocenters. The minimum atomic E-state index is 0.274. The number of unbranched alkanes of at least 4 members (excludes halogenated alkanes) is 1. The molecular formula is C18H38O3. The Morgan fingerprint density at radius 3 is 1.86 bits per heavy atom. The van der Waals surface area contributed by atoms with E-state index in [0.717, 1.165) is 32.1 Å². The van der Waals surface area contributed by atoms with Crippen LogP contribution in [0.15, 0.2) is 24.3 Å². The third-order valence-corrected chi connectivity index (χ3v) is 2.78. The van der Waals surface area contributed by atoms with Crippen LogP contribution in [0, 0.1) is 5.92 Å². The Morgan fingerprint density at radius 2 is 1.52 bits per heavy atom. The van der Waals surface area contributed by atoms with E-state index < -0.39 is 0 Å². The van der Waals surface area contributed by atoms with Gasteiger partial charge in [0.25, 0.3) is 0 Å². The normalized spacial score (nSPS) is 11.8. The molecule has 0 saturated heterocycles. The highest BCUT2D eigenvalue weighted by Crippen LogP contribution is 2.03. The second-order valence-corrected chi connectivity index (χ2v) is 4.85. The molecule has 0 aromatic rings. The summed E-state index contributed by atoms with van der Waals surface area (Å²) in [6.45, 7) is 9.28. The van der Waals surface area contributed by atoms with Crippen LogP contribution in [0.4, 0.5) is 0 Å². The van der Waals surface area contributed by atoms with Crippen LogP contribution < -0.4 is 0 Å². The summed E-state index contributed by atoms with van der Waals surface area (Å²) >= 11 is 0. The van der Waals surface area contributed by atoms with E-state index in [-0.39, 0.29) is 6.61 Å². The number of aliphatic hydroxyl groups is 3. The first-order chi connectivity index (χ1) is 10.1. The van der Waals surface area contributed by atoms with Gasteiger partial charge < -0.3 is 15.3 Å². The molecule has 0 spiro atoms. The number of aliphatic hydroxyl groups excluding tert-OH is 3. The second kappa shape index (κ2) is 27.7. The van der Waals surface area contributed by atoms with Crippen LogP contribution in [-0.4, -0.2) is 35.1 Å². The Kier molecular flexibility index (Phi) is 33.4. The lowest BCUT2D eigenvalue weighted by Crippen LogP contribution is -1.94. The van der Waals surface area contributed by atoms with Crippen LogP contribution in [-0.2, 0) is 0 Å². The van der Waals surface area contributed by atoms with E-state index in [9.17, 15) is 0 Å². The van der Waals surface area contributed by atoms with Crippen LogP contribution in [0.5, 0.6) is 0 Å². The first-order valence-electron chi connectivity index (χ1n) is 8.23. The first-order valence-corrected chi connectivity index (χ1v) is 8.23. The molecule has 0 amide bonds. The molecule has 0 aliphatic heterocycles. The summed E-state index contributed by atoms with van der Waals surface area (Å²) in [5.74, 6) is 0.699. The predicted molar refractivity (Wildman–Crippen MR) is 93.4 cm³/mol. The van der Waals surface area contributed by atoms with Crippen LogP contribution in [0.1, 0.15) is 66.2 Å². The highest BCUT2D eigenvalue weighted by molar-refractivity contribution is 4.79. The van der Waals surface area contributed by atoms with Crippen molar-refractivity contribution < 1.29 is 15.3 Å². The second-order valence-electron chi connectivity index (χ2n) is 4.85. The third kappa shape index (κ3) is 38.2. The molecule has 1 unspecified atom stereocenters. The standard InChI is InChI=1S/C6H14O.2C6H12O/c1-3-6(2)4-5-7;2*1-2-3-4-5-6-7/h6-7H,3-5H2,1-2H3;3-4,7H,2,5-6H2,1H3;2-3,7H,4-6H2,1H3. The zero-order valence-corrected chi connectivity index (χ0v) is 14.6. The van der Waals surface area contributed by atoms with Crippen molar-refractivity contribution in [3.05, 3.63) is 24.3 Å². The lowest BCUT2D eigenvalue weighted by molar-refractivity contribution is 0.260. The van der Waals surface area contributed by atoms with E-state index in [1.807, 2.05) is 19.1 Å². The predicted octanol–water partition coefficient (Wildman–Crippen LogP) is 4.08. The molecule has 0 aromatic carbocycles. The maximum Gasteiger partial charge on any atom is 0.0465 e. The molecule has 0 rings (SSSR count). The molecule has 0 aliphatic carbocycles. The molecule has 3 nitrogen and oxygen atoms in total. The minimum absolute atomic E-state index is 0.274. The topological polar surface area (TPSA) is 60.7 Å². The van der Waals surface area contributed by atoms with Crippen molar-refractivity contribution in [2.75, 3.05) is 19.8 Å². The van der Waals surface area contributed by atoms with Gasteiger partial charge in [-0.3, -0.25) is 0 Å². The molecule has 3 N–H and O–H groups in total. The van der Waals surface area contributed by atoms with E-state index in [0.29, 0.717) is 19.1 Å². The highest BCUT2D eigenvalue weighted by atomic mass is 16.3. The van der Waals surface area contributed by atoms with E-state index in [1.54, 1.807) is 0 Å². The van der Waals surface area contributed by atoms with Gasteiger partial charge in [-0.1, -0.05) is 51.5 Å². The average molecular weight is 302 g/mol. The fraction of sp³-hybridized carbons (Fsp3) is 0.778. The lowest BCUT2D eigenvalue weighted by Gasteiger charge is -2.01. The van der Waals surface area contributed by atoms with E-state index in [4.69, 9.17) is 15.3 Å². The summed E-state index contributed by atoms with van der Waals surface area (Å²) in [5.41, 5.74) is 0. The Balaban J connectivity index is -0.000000231. The zero-order chi connectivity index (χ0) is 16.8. The van der Waals surface area contributed by atoms with Gasteiger partial charge in [0.15, 0.2) is 0 Å². The van der Waals surface area contributed by atoms with Gasteiger partial charge in [-0.15, -0.1) is 0 Å². The minimum Gasteiger partial charge on any atom is -0.396 e. The lowest BCUT2D eigenvalue weighted by atomic mass is 10.1. The monoisotopic (exact) mass is 302 g/mol. The fourth-order valence-electron chi connectivity index (χ4n) is 1.16. The van der Waals surface area contributed by atoms with E-state index in [2.05, 4.69) is 32.9 Å². The molecule has 128 valence electrons. The number of hydrogen-bond donors (Lipinski definition) is 3. The Labute approximate surface area is 132 Å². The third-order valence-electron chi connectivity index (χ3n) is 2.78. The molecule has 0 aliphatic rings. The van der Waals surface area contributed by atoms with Gasteiger partial charge >= 0.3 is 0 Å². The van der Waals surface area contributed by atoms with Crippen molar-refractivity contribution in [1.29, 1.82) is 0 Å². The quantitative estimate of drug-likeness (QED) is 0.444. The maximum absolute atomic E-state index is 8.37. The number of allylic oxidation sites excluding steroid dienone is 3. The van der Waals surface area contributed by atoms with Crippen LogP contribution >= 0.6 is 0 Å². The molecule has 21 heavy (non-hydrogen) atoms. The zero-order valence-electron chi connectivity index (χ0n) is 14.6. The Morgan fingerprint density at radius 1 is 0.857 bits per heavy atom. The van der Waals surface area contributed by atoms with Crippen molar-refractivity contribution in [1.82, 2.24) is 0 Å². The van der Waals surface area contributed by atoms with Crippen molar-refractivity contribution in [3.8, 4) is 0 Å². The first kappa shape index (κ1) is 25.3. The summed E-state index contributed by atoms with van der Waals surface area (Å²) in [7, 11) is 0. The van der Waals surface area contributed by atoms with Crippen molar-refractivity contribution in [3.63, 3.8) is 0 Å². The molecule has 0 fully saturated rings. The summed E-state index contributed by atoms with van der Waals surface area (Å²) in [6.07, 6.45) is 14.0. The van der Waals surface area contributed by atoms with Gasteiger partial charge in [0.1, 0.15) is 0 Å². The van der Waals surface area contributed by atoms with Crippen LogP contribution in [0.2, 0.25) is 0 Å².